The summed E-state index contributed by atoms with van der Waals surface area (Å²) in [6.07, 6.45) is 11.1. The minimum absolute atomic E-state index is 0.549. The predicted molar refractivity (Wildman–Crippen MR) is 113 cm³/mol. The van der Waals surface area contributed by atoms with Crippen LogP contribution in [0.15, 0.2) is 24.3 Å². The molecular formula is C21H32N3PbS. The number of nitrogens with one attached hydrogen (secondary N) is 1. The Morgan fingerprint density at radius 2 is 1.58 bits per heavy atom. The van der Waals surface area contributed by atoms with Gasteiger partial charge in [0, 0.05) is 0 Å². The molecule has 0 spiro atoms. The molecule has 3 rings (SSSR count). The molecule has 1 aromatic carbocycles. The molecule has 0 aliphatic heterocycles. The third kappa shape index (κ3) is 5.71. The Bertz CT molecular complexity index is 573. The van der Waals surface area contributed by atoms with Crippen molar-refractivity contribution in [1.82, 2.24) is 2.82 Å². The van der Waals surface area contributed by atoms with Gasteiger partial charge in [-0.2, -0.15) is 0 Å². The van der Waals surface area contributed by atoms with Crippen LogP contribution in [0.1, 0.15) is 68.4 Å². The second-order valence-corrected chi connectivity index (χ2v) is 11.2. The van der Waals surface area contributed by atoms with E-state index in [-0.39, 0.29) is 0 Å². The average molecular weight is 566 g/mol. The van der Waals surface area contributed by atoms with E-state index in [0.29, 0.717) is 5.17 Å². The van der Waals surface area contributed by atoms with Gasteiger partial charge in [-0.1, -0.05) is 29.8 Å². The quantitative estimate of drug-likeness (QED) is 0.178. The minimum Gasteiger partial charge on any atom is -0.0590 e. The van der Waals surface area contributed by atoms with Gasteiger partial charge in [0.25, 0.3) is 0 Å². The molecule has 1 aromatic rings. The topological polar surface area (TPSA) is 53.1 Å². The first-order valence-electron chi connectivity index (χ1n) is 10.1. The van der Waals surface area contributed by atoms with Crippen LogP contribution in [0.5, 0.6) is 0 Å². The van der Waals surface area contributed by atoms with E-state index in [0.717, 1.165) is 55.5 Å². The zero-order valence-electron chi connectivity index (χ0n) is 15.9. The number of amidine groups is 1. The largest absolute Gasteiger partial charge is 0.0590 e. The number of aryl methyl sites for hydroxylation is 1. The zero-order chi connectivity index (χ0) is 18.5. The fourth-order valence-electron chi connectivity index (χ4n) is 4.86. The molecule has 0 unspecified atom stereocenters. The van der Waals surface area contributed by atoms with Crippen LogP contribution < -0.4 is 5.84 Å². The molecule has 0 atom stereocenters. The summed E-state index contributed by atoms with van der Waals surface area (Å²) in [5.74, 6) is 10.3. The first-order chi connectivity index (χ1) is 12.5. The summed E-state index contributed by atoms with van der Waals surface area (Å²) in [4.78, 5) is 0. The fraction of sp³-hybridized carbons (Fsp3) is 0.667. The van der Waals surface area contributed by atoms with Gasteiger partial charge in [-0.15, -0.1) is 0 Å². The number of nitrogens with two attached hydrogens (primary N) is 1. The number of thioether (sulfide) groups is 1. The van der Waals surface area contributed by atoms with Crippen molar-refractivity contribution >= 4 is 43.0 Å². The second kappa shape index (κ2) is 9.92. The van der Waals surface area contributed by atoms with Crippen molar-refractivity contribution in [1.29, 1.82) is 5.41 Å². The summed E-state index contributed by atoms with van der Waals surface area (Å²) >= 11 is 2.38. The Morgan fingerprint density at radius 3 is 2.12 bits per heavy atom. The van der Waals surface area contributed by atoms with E-state index in [1.165, 1.54) is 56.9 Å². The molecular weight excluding hydrogens is 534 g/mol. The maximum Gasteiger partial charge on any atom is -0.0585 e. The van der Waals surface area contributed by atoms with Crippen molar-refractivity contribution in [3.05, 3.63) is 35.4 Å². The maximum absolute atomic E-state index is 7.86. The molecule has 3 radical (unpaired) electrons. The van der Waals surface area contributed by atoms with Crippen LogP contribution in [0.25, 0.3) is 0 Å². The number of hydrazine groups is 1. The Morgan fingerprint density at radius 1 is 1.04 bits per heavy atom. The fourth-order valence-corrected chi connectivity index (χ4v) is 6.47. The summed E-state index contributed by atoms with van der Waals surface area (Å²) < 4.78 is 1.56. The van der Waals surface area contributed by atoms with Crippen molar-refractivity contribution in [3.8, 4) is 0 Å². The Labute approximate surface area is 179 Å². The standard InChI is InChI=1S/C21H32N3S.Pb/c1-15-2-6-17(7-3-15)19-10-12-20(13-11-19)18-8-4-16(5-9-18)14-25-21(22)24-23;/h2-3,6-7,16,18-20H,4-5,8-14,23H2,1H3,(H-,22,24);/q-1;+1. The van der Waals surface area contributed by atoms with E-state index >= 15 is 0 Å². The molecule has 3 nitrogen and oxygen atoms in total. The molecule has 2 saturated carbocycles. The summed E-state index contributed by atoms with van der Waals surface area (Å²) in [7, 11) is 0. The molecule has 5 heteroatoms. The van der Waals surface area contributed by atoms with Crippen molar-refractivity contribution in [3.63, 3.8) is 0 Å². The van der Waals surface area contributed by atoms with Gasteiger partial charge in [-0.25, -0.2) is 0 Å². The van der Waals surface area contributed by atoms with Gasteiger partial charge in [-0.05, 0) is 12.5 Å². The van der Waals surface area contributed by atoms with E-state index in [9.17, 15) is 0 Å². The molecule has 0 aromatic heterocycles. The average Bonchev–Trinajstić information content (AvgIpc) is 2.67. The number of nitrogens with zero attached hydrogens (tertiary/aromatic N) is 1. The Kier molecular flexibility index (Phi) is 7.88. The first kappa shape index (κ1) is 20.7. The van der Waals surface area contributed by atoms with Gasteiger partial charge in [0.2, 0.25) is 0 Å². The van der Waals surface area contributed by atoms with Crippen LogP contribution >= 0.6 is 11.8 Å². The Hall–Kier alpha value is -0.0779. The molecule has 3 N–H and O–H groups in total. The molecule has 0 heterocycles. The summed E-state index contributed by atoms with van der Waals surface area (Å²) in [5.41, 5.74) is 2.93. The Balaban J connectivity index is 1.39. The SMILES string of the molecule is Cc1ccc(C2CCC(C3CCC(CSC(=N)[N](N)[Pb])CC3)CC2)cc1. The zero-order valence-corrected chi connectivity index (χ0v) is 20.6. The van der Waals surface area contributed by atoms with Crippen molar-refractivity contribution in [2.24, 2.45) is 23.6 Å². The molecule has 0 saturated heterocycles. The maximum atomic E-state index is 7.86. The number of hydrogen-bond acceptors (Lipinski definition) is 3. The second-order valence-electron chi connectivity index (χ2n) is 8.29. The molecule has 26 heavy (non-hydrogen) atoms. The first-order valence-corrected chi connectivity index (χ1v) is 12.8. The van der Waals surface area contributed by atoms with Crippen LogP contribution in [0.4, 0.5) is 0 Å². The molecule has 2 aliphatic rings. The summed E-state index contributed by atoms with van der Waals surface area (Å²) in [6.45, 7) is 2.18. The monoisotopic (exact) mass is 566 g/mol. The van der Waals surface area contributed by atoms with Gasteiger partial charge < -0.3 is 0 Å². The molecule has 0 amide bonds. The molecule has 141 valence electrons. The van der Waals surface area contributed by atoms with Crippen LogP contribution in [-0.4, -0.2) is 39.8 Å². The van der Waals surface area contributed by atoms with E-state index < -0.39 is 0 Å². The van der Waals surface area contributed by atoms with Crippen molar-refractivity contribution < 1.29 is 0 Å². The smallest absolute Gasteiger partial charge is 0.0585 e. The van der Waals surface area contributed by atoms with Gasteiger partial charge in [0.05, 0.1) is 0 Å². The van der Waals surface area contributed by atoms with Gasteiger partial charge in [-0.3, -0.25) is 0 Å². The van der Waals surface area contributed by atoms with E-state index in [2.05, 4.69) is 31.2 Å². The van der Waals surface area contributed by atoms with E-state index in [1.54, 1.807) is 20.1 Å². The number of benzene rings is 1. The normalized spacial score (nSPS) is 29.3. The number of rotatable bonds is 4. The molecule has 2 fully saturated rings. The predicted octanol–water partition coefficient (Wildman–Crippen LogP) is 5.00. The third-order valence-electron chi connectivity index (χ3n) is 6.55. The van der Waals surface area contributed by atoms with Gasteiger partial charge >= 0.3 is 138 Å². The van der Waals surface area contributed by atoms with Crippen molar-refractivity contribution in [2.75, 3.05) is 5.75 Å². The number of hydrogen-bond donors (Lipinski definition) is 2. The minimum atomic E-state index is 0.549. The van der Waals surface area contributed by atoms with E-state index in [4.69, 9.17) is 11.3 Å². The third-order valence-corrected chi connectivity index (χ3v) is 9.16. The molecule has 2 aliphatic carbocycles. The van der Waals surface area contributed by atoms with Gasteiger partial charge in [0.1, 0.15) is 0 Å². The molecule has 0 bridgehead atoms. The van der Waals surface area contributed by atoms with Crippen LogP contribution in [0, 0.1) is 30.1 Å². The van der Waals surface area contributed by atoms with Gasteiger partial charge in [0.15, 0.2) is 0 Å². The van der Waals surface area contributed by atoms with Crippen LogP contribution in [-0.2, 0) is 0 Å². The van der Waals surface area contributed by atoms with Crippen LogP contribution in [0.2, 0.25) is 0 Å². The summed E-state index contributed by atoms with van der Waals surface area (Å²) in [6, 6.07) is 9.24. The van der Waals surface area contributed by atoms with Crippen LogP contribution in [0.3, 0.4) is 0 Å². The van der Waals surface area contributed by atoms with E-state index in [1.807, 2.05) is 0 Å². The summed E-state index contributed by atoms with van der Waals surface area (Å²) in [5, 5.41) is 8.41. The van der Waals surface area contributed by atoms with Crippen molar-refractivity contribution in [2.45, 2.75) is 64.2 Å².